The molecule has 7 heteroatoms. The van der Waals surface area contributed by atoms with Crippen molar-refractivity contribution >= 4 is 23.2 Å². The predicted molar refractivity (Wildman–Crippen MR) is 147 cm³/mol. The smallest absolute Gasteiger partial charge is 0.220 e. The van der Waals surface area contributed by atoms with Gasteiger partial charge in [-0.05, 0) is 90.0 Å². The number of fused-ring (bicyclic) bond motifs is 2. The molecule has 1 aliphatic carbocycles. The largest absolute Gasteiger partial charge is 0.356 e. The first-order valence-electron chi connectivity index (χ1n) is 14.1. The molecule has 2 amide bonds. The van der Waals surface area contributed by atoms with E-state index < -0.39 is 0 Å². The van der Waals surface area contributed by atoms with E-state index in [1.165, 1.54) is 63.2 Å². The second-order valence-corrected chi connectivity index (χ2v) is 11.6. The topological polar surface area (TPSA) is 70.5 Å². The van der Waals surface area contributed by atoms with Gasteiger partial charge in [0.2, 0.25) is 11.8 Å². The monoisotopic (exact) mass is 509 g/mol. The Kier molecular flexibility index (Phi) is 5.57. The summed E-state index contributed by atoms with van der Waals surface area (Å²) >= 11 is 0. The molecule has 7 nitrogen and oxygen atoms in total. The van der Waals surface area contributed by atoms with Crippen molar-refractivity contribution in [2.45, 2.75) is 70.4 Å². The first-order valence-corrected chi connectivity index (χ1v) is 14.1. The second kappa shape index (κ2) is 9.00. The van der Waals surface area contributed by atoms with E-state index in [4.69, 9.17) is 0 Å². The van der Waals surface area contributed by atoms with E-state index in [2.05, 4.69) is 45.8 Å². The van der Waals surface area contributed by atoms with E-state index in [1.54, 1.807) is 6.92 Å². The van der Waals surface area contributed by atoms with Gasteiger partial charge in [0.15, 0.2) is 0 Å². The normalized spacial score (nSPS) is 20.8. The Morgan fingerprint density at radius 3 is 2.63 bits per heavy atom. The van der Waals surface area contributed by atoms with Crippen molar-refractivity contribution < 1.29 is 9.59 Å². The van der Waals surface area contributed by atoms with Gasteiger partial charge >= 0.3 is 0 Å². The Morgan fingerprint density at radius 1 is 1.03 bits per heavy atom. The number of amides is 2. The van der Waals surface area contributed by atoms with E-state index in [0.29, 0.717) is 25.4 Å². The number of piperidine rings is 1. The van der Waals surface area contributed by atoms with Gasteiger partial charge < -0.3 is 15.1 Å². The lowest BCUT2D eigenvalue weighted by molar-refractivity contribution is -0.129. The molecule has 2 fully saturated rings. The molecule has 1 aromatic heterocycles. The van der Waals surface area contributed by atoms with Crippen molar-refractivity contribution in [2.75, 3.05) is 18.0 Å². The number of aromatic nitrogens is 2. The maximum Gasteiger partial charge on any atom is 0.220 e. The number of rotatable bonds is 4. The first-order chi connectivity index (χ1) is 18.4. The van der Waals surface area contributed by atoms with Crippen LogP contribution in [0.1, 0.15) is 78.7 Å². The van der Waals surface area contributed by atoms with Crippen LogP contribution < -0.4 is 10.2 Å². The van der Waals surface area contributed by atoms with Crippen molar-refractivity contribution in [2.24, 2.45) is 7.05 Å². The third kappa shape index (κ3) is 4.08. The molecule has 2 aromatic carbocycles. The standard InChI is InChI=1S/C31H35N5O2/c1-19(37)35-17-24-10-23(21-7-8-32-31(38)13-21)12-30(28(24)18-35)36-9-3-4-22-11-26(25-15-33-34(2)16-25)27(14-29(22)36)20-5-6-20/h10-12,14-16,20-21H,3-9,13,17-18H2,1-2H3,(H,32,38). The van der Waals surface area contributed by atoms with Crippen LogP contribution in [-0.2, 0) is 36.1 Å². The number of nitrogens with one attached hydrogen (secondary N) is 1. The van der Waals surface area contributed by atoms with E-state index in [-0.39, 0.29) is 17.7 Å². The lowest BCUT2D eigenvalue weighted by Crippen LogP contribution is -2.32. The molecule has 1 N–H and O–H groups in total. The first kappa shape index (κ1) is 23.5. The highest BCUT2D eigenvalue weighted by atomic mass is 16.2. The van der Waals surface area contributed by atoms with Crippen LogP contribution in [0.4, 0.5) is 11.4 Å². The predicted octanol–water partition coefficient (Wildman–Crippen LogP) is 4.90. The third-order valence-electron chi connectivity index (χ3n) is 8.91. The van der Waals surface area contributed by atoms with E-state index in [0.717, 1.165) is 32.4 Å². The zero-order chi connectivity index (χ0) is 26.0. The van der Waals surface area contributed by atoms with Crippen LogP contribution in [-0.4, -0.2) is 39.6 Å². The fourth-order valence-corrected chi connectivity index (χ4v) is 6.72. The Hall–Kier alpha value is -3.61. The molecule has 0 spiro atoms. The average Bonchev–Trinajstić information content (AvgIpc) is 3.51. The molecule has 1 unspecified atom stereocenters. The summed E-state index contributed by atoms with van der Waals surface area (Å²) in [5.41, 5.74) is 11.6. The molecule has 4 aliphatic rings. The van der Waals surface area contributed by atoms with Crippen LogP contribution in [0.5, 0.6) is 0 Å². The van der Waals surface area contributed by atoms with Crippen LogP contribution in [0, 0.1) is 0 Å². The van der Waals surface area contributed by atoms with Gasteiger partial charge in [0.25, 0.3) is 0 Å². The van der Waals surface area contributed by atoms with Crippen molar-refractivity contribution in [1.29, 1.82) is 0 Å². The highest BCUT2D eigenvalue weighted by Gasteiger charge is 2.33. The molecule has 3 aromatic rings. The van der Waals surface area contributed by atoms with Gasteiger partial charge in [0.05, 0.1) is 6.20 Å². The maximum absolute atomic E-state index is 12.4. The van der Waals surface area contributed by atoms with Gasteiger partial charge in [-0.2, -0.15) is 5.10 Å². The minimum absolute atomic E-state index is 0.113. The van der Waals surface area contributed by atoms with E-state index in [1.807, 2.05) is 22.8 Å². The summed E-state index contributed by atoms with van der Waals surface area (Å²) in [5.74, 6) is 1.08. The van der Waals surface area contributed by atoms with Crippen molar-refractivity contribution in [3.8, 4) is 11.1 Å². The summed E-state index contributed by atoms with van der Waals surface area (Å²) in [6.45, 7) is 4.66. The minimum atomic E-state index is 0.113. The molecule has 7 rings (SSSR count). The lowest BCUT2D eigenvalue weighted by Gasteiger charge is -2.35. The summed E-state index contributed by atoms with van der Waals surface area (Å²) in [5, 5.41) is 7.44. The number of anilines is 2. The highest BCUT2D eigenvalue weighted by molar-refractivity contribution is 5.81. The summed E-state index contributed by atoms with van der Waals surface area (Å²) in [6.07, 6.45) is 10.2. The van der Waals surface area contributed by atoms with Gasteiger partial charge in [0, 0.05) is 75.3 Å². The van der Waals surface area contributed by atoms with Gasteiger partial charge in [-0.3, -0.25) is 14.3 Å². The molecule has 1 atom stereocenters. The maximum atomic E-state index is 12.4. The molecule has 1 saturated heterocycles. The lowest BCUT2D eigenvalue weighted by atomic mass is 9.86. The van der Waals surface area contributed by atoms with Crippen LogP contribution in [0.25, 0.3) is 11.1 Å². The molecule has 4 heterocycles. The Balaban J connectivity index is 1.35. The van der Waals surface area contributed by atoms with Crippen LogP contribution >= 0.6 is 0 Å². The molecule has 38 heavy (non-hydrogen) atoms. The van der Waals surface area contributed by atoms with Crippen LogP contribution in [0.15, 0.2) is 36.7 Å². The van der Waals surface area contributed by atoms with E-state index in [9.17, 15) is 9.59 Å². The number of aryl methyl sites for hydroxylation is 2. The number of nitrogens with zero attached hydrogens (tertiary/aromatic N) is 4. The Labute approximate surface area is 223 Å². The molecular formula is C31H35N5O2. The van der Waals surface area contributed by atoms with Gasteiger partial charge in [-0.25, -0.2) is 0 Å². The zero-order valence-corrected chi connectivity index (χ0v) is 22.3. The minimum Gasteiger partial charge on any atom is -0.356 e. The van der Waals surface area contributed by atoms with Crippen molar-refractivity contribution in [3.63, 3.8) is 0 Å². The van der Waals surface area contributed by atoms with Gasteiger partial charge in [-0.15, -0.1) is 0 Å². The SMILES string of the molecule is CC(=O)N1Cc2cc(C3CCNC(=O)C3)cc(N3CCCc4cc(-c5cnn(C)c5)c(C5CC5)cc43)c2C1. The number of carbonyl (C=O) groups is 2. The van der Waals surface area contributed by atoms with E-state index >= 15 is 0 Å². The molecular weight excluding hydrogens is 474 g/mol. The molecule has 3 aliphatic heterocycles. The van der Waals surface area contributed by atoms with Crippen molar-refractivity contribution in [1.82, 2.24) is 20.0 Å². The quantitative estimate of drug-likeness (QED) is 0.543. The van der Waals surface area contributed by atoms with Crippen LogP contribution in [0.2, 0.25) is 0 Å². The molecule has 0 bridgehead atoms. The fourth-order valence-electron chi connectivity index (χ4n) is 6.72. The number of benzene rings is 2. The highest BCUT2D eigenvalue weighted by Crippen LogP contribution is 2.49. The summed E-state index contributed by atoms with van der Waals surface area (Å²) in [6, 6.07) is 9.49. The van der Waals surface area contributed by atoms with Gasteiger partial charge in [0.1, 0.15) is 0 Å². The summed E-state index contributed by atoms with van der Waals surface area (Å²) in [7, 11) is 1.98. The average molecular weight is 510 g/mol. The number of hydrogen-bond donors (Lipinski definition) is 1. The number of carbonyl (C=O) groups excluding carboxylic acids is 2. The number of hydrogen-bond acceptors (Lipinski definition) is 4. The third-order valence-corrected chi connectivity index (χ3v) is 8.91. The Morgan fingerprint density at radius 2 is 1.89 bits per heavy atom. The Bertz CT molecular complexity index is 1450. The molecule has 0 radical (unpaired) electrons. The molecule has 196 valence electrons. The summed E-state index contributed by atoms with van der Waals surface area (Å²) in [4.78, 5) is 29.1. The molecule has 1 saturated carbocycles. The second-order valence-electron chi connectivity index (χ2n) is 11.6. The van der Waals surface area contributed by atoms with Crippen molar-refractivity contribution in [3.05, 3.63) is 64.5 Å². The zero-order valence-electron chi connectivity index (χ0n) is 22.3. The summed E-state index contributed by atoms with van der Waals surface area (Å²) < 4.78 is 1.89. The van der Waals surface area contributed by atoms with Gasteiger partial charge in [-0.1, -0.05) is 6.07 Å². The fraction of sp³-hybridized carbons (Fsp3) is 0.452. The van der Waals surface area contributed by atoms with Crippen LogP contribution in [0.3, 0.4) is 0 Å².